The Bertz CT molecular complexity index is 966. The molecule has 0 radical (unpaired) electrons. The number of carbonyl (C=O) groups is 1. The van der Waals surface area contributed by atoms with Gasteiger partial charge in [-0.15, -0.1) is 11.8 Å². The lowest BCUT2D eigenvalue weighted by Crippen LogP contribution is -2.50. The minimum Gasteiger partial charge on any atom is -0.339 e. The van der Waals surface area contributed by atoms with Gasteiger partial charge in [0.15, 0.2) is 0 Å². The quantitative estimate of drug-likeness (QED) is 0.778. The van der Waals surface area contributed by atoms with Crippen molar-refractivity contribution in [3.05, 3.63) is 40.4 Å². The maximum absolute atomic E-state index is 12.3. The number of para-hydroxylation sites is 1. The molecule has 26 heavy (non-hydrogen) atoms. The van der Waals surface area contributed by atoms with Crippen molar-refractivity contribution < 1.29 is 13.2 Å². The Labute approximate surface area is 155 Å². The van der Waals surface area contributed by atoms with Crippen molar-refractivity contribution >= 4 is 38.6 Å². The van der Waals surface area contributed by atoms with E-state index in [2.05, 4.69) is 9.97 Å². The predicted octanol–water partition coefficient (Wildman–Crippen LogP) is 0.260. The summed E-state index contributed by atoms with van der Waals surface area (Å²) >= 11 is 1.38. The summed E-state index contributed by atoms with van der Waals surface area (Å²) in [6.07, 6.45) is 1.18. The highest BCUT2D eigenvalue weighted by molar-refractivity contribution is 7.99. The van der Waals surface area contributed by atoms with E-state index in [-0.39, 0.29) is 17.2 Å². The van der Waals surface area contributed by atoms with Crippen LogP contribution in [-0.2, 0) is 20.6 Å². The van der Waals surface area contributed by atoms with Gasteiger partial charge in [-0.3, -0.25) is 9.59 Å². The van der Waals surface area contributed by atoms with Gasteiger partial charge in [-0.1, -0.05) is 12.1 Å². The fourth-order valence-corrected chi connectivity index (χ4v) is 4.41. The van der Waals surface area contributed by atoms with E-state index in [1.54, 1.807) is 23.1 Å². The monoisotopic (exact) mass is 396 g/mol. The number of piperazine rings is 1. The molecule has 1 fully saturated rings. The van der Waals surface area contributed by atoms with E-state index in [4.69, 9.17) is 0 Å². The molecule has 0 atom stereocenters. The second-order valence-electron chi connectivity index (χ2n) is 6.07. The number of sulfonamides is 1. The molecule has 2 aromatic rings. The molecule has 1 saturated heterocycles. The normalized spacial score (nSPS) is 16.1. The van der Waals surface area contributed by atoms with E-state index < -0.39 is 10.0 Å². The summed E-state index contributed by atoms with van der Waals surface area (Å²) in [4.78, 5) is 33.1. The minimum absolute atomic E-state index is 0.0358. The van der Waals surface area contributed by atoms with Crippen LogP contribution in [0.15, 0.2) is 29.1 Å². The molecule has 1 aliphatic rings. The predicted molar refractivity (Wildman–Crippen MR) is 102 cm³/mol. The van der Waals surface area contributed by atoms with Gasteiger partial charge < -0.3 is 9.88 Å². The van der Waals surface area contributed by atoms with Crippen molar-refractivity contribution in [2.45, 2.75) is 5.75 Å². The molecule has 2 heterocycles. The van der Waals surface area contributed by atoms with Crippen LogP contribution < -0.4 is 5.56 Å². The summed E-state index contributed by atoms with van der Waals surface area (Å²) in [6.45, 7) is 1.46. The zero-order chi connectivity index (χ0) is 18.7. The number of amides is 1. The van der Waals surface area contributed by atoms with Gasteiger partial charge >= 0.3 is 0 Å². The van der Waals surface area contributed by atoms with Gasteiger partial charge in [0.25, 0.3) is 5.56 Å². The van der Waals surface area contributed by atoms with Crippen LogP contribution in [0, 0.1) is 0 Å². The van der Waals surface area contributed by atoms with E-state index >= 15 is 0 Å². The lowest BCUT2D eigenvalue weighted by molar-refractivity contribution is -0.129. The van der Waals surface area contributed by atoms with Crippen LogP contribution in [0.4, 0.5) is 0 Å². The van der Waals surface area contributed by atoms with E-state index in [1.807, 2.05) is 6.07 Å². The summed E-state index contributed by atoms with van der Waals surface area (Å²) in [7, 11) is -3.20. The molecular formula is C16H20N4O4S2. The lowest BCUT2D eigenvalue weighted by Gasteiger charge is -2.33. The Morgan fingerprint density at radius 3 is 2.62 bits per heavy atom. The van der Waals surface area contributed by atoms with Gasteiger partial charge in [0.05, 0.1) is 28.7 Å². The third-order valence-corrected chi connectivity index (χ3v) is 6.42. The van der Waals surface area contributed by atoms with E-state index in [0.29, 0.717) is 48.7 Å². The Morgan fingerprint density at radius 2 is 1.92 bits per heavy atom. The maximum Gasteiger partial charge on any atom is 0.258 e. The second kappa shape index (κ2) is 7.77. The number of nitrogens with zero attached hydrogens (tertiary/aromatic N) is 3. The summed E-state index contributed by atoms with van der Waals surface area (Å²) in [5.74, 6) is 1.18. The van der Waals surface area contributed by atoms with Crippen molar-refractivity contribution in [3.8, 4) is 0 Å². The Kier molecular flexibility index (Phi) is 5.64. The van der Waals surface area contributed by atoms with Gasteiger partial charge in [0.2, 0.25) is 15.9 Å². The highest BCUT2D eigenvalue weighted by Crippen LogP contribution is 2.13. The molecule has 0 spiro atoms. The van der Waals surface area contributed by atoms with Crippen LogP contribution in [0.25, 0.3) is 10.9 Å². The van der Waals surface area contributed by atoms with Crippen molar-refractivity contribution in [2.75, 3.05) is 38.2 Å². The molecule has 3 rings (SSSR count). The third kappa shape index (κ3) is 4.43. The number of benzene rings is 1. The van der Waals surface area contributed by atoms with E-state index in [0.717, 1.165) is 0 Å². The average Bonchev–Trinajstić information content (AvgIpc) is 2.61. The van der Waals surface area contributed by atoms with Crippen LogP contribution >= 0.6 is 11.8 Å². The first-order chi connectivity index (χ1) is 12.3. The molecule has 140 valence electrons. The number of H-pyrrole nitrogens is 1. The molecule has 10 heteroatoms. The van der Waals surface area contributed by atoms with Crippen LogP contribution in [0.3, 0.4) is 0 Å². The van der Waals surface area contributed by atoms with Crippen LogP contribution in [0.1, 0.15) is 5.82 Å². The highest BCUT2D eigenvalue weighted by atomic mass is 32.2. The molecule has 0 saturated carbocycles. The molecule has 1 N–H and O–H groups in total. The molecule has 8 nitrogen and oxygen atoms in total. The molecule has 0 bridgehead atoms. The SMILES string of the molecule is CS(=O)(=O)N1CCN(C(=O)CSCc2nc3ccccc3c(=O)[nH]2)CC1. The zero-order valence-electron chi connectivity index (χ0n) is 14.3. The number of aromatic amines is 1. The van der Waals surface area contributed by atoms with Gasteiger partial charge in [-0.2, -0.15) is 4.31 Å². The summed E-state index contributed by atoms with van der Waals surface area (Å²) in [5, 5.41) is 0.543. The number of carbonyl (C=O) groups excluding carboxylic acids is 1. The minimum atomic E-state index is -3.20. The molecular weight excluding hydrogens is 376 g/mol. The standard InChI is InChI=1S/C16H20N4O4S2/c1-26(23,24)20-8-6-19(7-9-20)15(21)11-25-10-14-17-13-5-3-2-4-12(13)16(22)18-14/h2-5H,6-11H2,1H3,(H,17,18,22). The summed E-state index contributed by atoms with van der Waals surface area (Å²) < 4.78 is 24.4. The lowest BCUT2D eigenvalue weighted by atomic mass is 10.2. The smallest absolute Gasteiger partial charge is 0.258 e. The van der Waals surface area contributed by atoms with Crippen molar-refractivity contribution in [2.24, 2.45) is 0 Å². The fraction of sp³-hybridized carbons (Fsp3) is 0.438. The first kappa shape index (κ1) is 18.9. The van der Waals surface area contributed by atoms with Crippen molar-refractivity contribution in [1.29, 1.82) is 0 Å². The molecule has 1 aromatic heterocycles. The number of nitrogens with one attached hydrogen (secondary N) is 1. The van der Waals surface area contributed by atoms with Crippen LogP contribution in [0.5, 0.6) is 0 Å². The van der Waals surface area contributed by atoms with Crippen LogP contribution in [0.2, 0.25) is 0 Å². The number of aromatic nitrogens is 2. The number of fused-ring (bicyclic) bond motifs is 1. The Morgan fingerprint density at radius 1 is 1.23 bits per heavy atom. The highest BCUT2D eigenvalue weighted by Gasteiger charge is 2.25. The molecule has 0 unspecified atom stereocenters. The van der Waals surface area contributed by atoms with Crippen molar-refractivity contribution in [3.63, 3.8) is 0 Å². The average molecular weight is 396 g/mol. The molecule has 0 aliphatic carbocycles. The third-order valence-electron chi connectivity index (χ3n) is 4.19. The van der Waals surface area contributed by atoms with Crippen molar-refractivity contribution in [1.82, 2.24) is 19.2 Å². The Hall–Kier alpha value is -1.91. The number of rotatable bonds is 5. The van der Waals surface area contributed by atoms with E-state index in [9.17, 15) is 18.0 Å². The first-order valence-corrected chi connectivity index (χ1v) is 11.1. The zero-order valence-corrected chi connectivity index (χ0v) is 16.0. The number of hydrogen-bond acceptors (Lipinski definition) is 6. The molecule has 1 aromatic carbocycles. The second-order valence-corrected chi connectivity index (χ2v) is 9.03. The molecule has 1 aliphatic heterocycles. The summed E-state index contributed by atoms with van der Waals surface area (Å²) in [6, 6.07) is 7.12. The molecule has 1 amide bonds. The first-order valence-electron chi connectivity index (χ1n) is 8.13. The van der Waals surface area contributed by atoms with Gasteiger partial charge in [0, 0.05) is 26.2 Å². The summed E-state index contributed by atoms with van der Waals surface area (Å²) in [5.41, 5.74) is 0.449. The Balaban J connectivity index is 1.52. The van der Waals surface area contributed by atoms with Gasteiger partial charge in [-0.25, -0.2) is 13.4 Å². The largest absolute Gasteiger partial charge is 0.339 e. The maximum atomic E-state index is 12.3. The number of hydrogen-bond donors (Lipinski definition) is 1. The number of thioether (sulfide) groups is 1. The van der Waals surface area contributed by atoms with E-state index in [1.165, 1.54) is 22.3 Å². The van der Waals surface area contributed by atoms with Gasteiger partial charge in [-0.05, 0) is 12.1 Å². The van der Waals surface area contributed by atoms with Crippen LogP contribution in [-0.4, -0.2) is 71.7 Å². The topological polar surface area (TPSA) is 103 Å². The fourth-order valence-electron chi connectivity index (χ4n) is 2.80. The van der Waals surface area contributed by atoms with Gasteiger partial charge in [0.1, 0.15) is 5.82 Å².